The third-order valence-corrected chi connectivity index (χ3v) is 11.3. The lowest BCUT2D eigenvalue weighted by Crippen LogP contribution is -2.59. The third kappa shape index (κ3) is 7.00. The summed E-state index contributed by atoms with van der Waals surface area (Å²) in [5.41, 5.74) is 12.0. The molecule has 0 unspecified atom stereocenters. The molecule has 7 aromatic carbocycles. The van der Waals surface area contributed by atoms with Gasteiger partial charge in [0, 0.05) is 76.6 Å². The average molecular weight is 790 g/mol. The molecule has 0 aliphatic carbocycles. The molecule has 2 aliphatic heterocycles. The Morgan fingerprint density at radius 3 is 1.52 bits per heavy atom. The van der Waals surface area contributed by atoms with Crippen molar-refractivity contribution in [3.05, 3.63) is 207 Å². The molecule has 0 radical (unpaired) electrons. The van der Waals surface area contributed by atoms with Crippen molar-refractivity contribution in [3.8, 4) is 56.8 Å². The van der Waals surface area contributed by atoms with E-state index in [1.807, 2.05) is 103 Å². The van der Waals surface area contributed by atoms with E-state index in [4.69, 9.17) is 14.7 Å². The minimum atomic E-state index is 0.188. The van der Waals surface area contributed by atoms with E-state index in [1.54, 1.807) is 0 Å². The molecular weight excluding hydrogens is 751 g/mol. The molecule has 2 aliphatic rings. The summed E-state index contributed by atoms with van der Waals surface area (Å²) in [6.07, 6.45) is 3.68. The van der Waals surface area contributed by atoms with Gasteiger partial charge in [-0.25, -0.2) is 19.9 Å². The molecule has 2 aromatic heterocycles. The molecule has 0 spiro atoms. The molecule has 61 heavy (non-hydrogen) atoms. The van der Waals surface area contributed by atoms with Crippen molar-refractivity contribution in [2.75, 3.05) is 27.8 Å². The maximum atomic E-state index is 6.71. The van der Waals surface area contributed by atoms with Crippen LogP contribution in [0.2, 0.25) is 0 Å². The average Bonchev–Trinajstić information content (AvgIpc) is 3.32. The lowest BCUT2D eigenvalue weighted by atomic mass is 9.98. The van der Waals surface area contributed by atoms with E-state index < -0.39 is 0 Å². The van der Waals surface area contributed by atoms with E-state index in [2.05, 4.69) is 128 Å². The predicted octanol–water partition coefficient (Wildman–Crippen LogP) is 12.5. The number of rotatable bonds is 9. The van der Waals surface area contributed by atoms with Gasteiger partial charge in [0.2, 0.25) is 0 Å². The second-order valence-electron chi connectivity index (χ2n) is 15.2. The summed E-state index contributed by atoms with van der Waals surface area (Å²) >= 11 is 0. The van der Waals surface area contributed by atoms with Crippen LogP contribution in [0, 0.1) is 0 Å². The number of hydrogen-bond donors (Lipinski definition) is 0. The molecule has 8 heteroatoms. The second-order valence-corrected chi connectivity index (χ2v) is 15.2. The number of anilines is 6. The van der Waals surface area contributed by atoms with Gasteiger partial charge in [-0.15, -0.1) is 0 Å². The van der Waals surface area contributed by atoms with Crippen molar-refractivity contribution in [2.45, 2.75) is 6.04 Å². The summed E-state index contributed by atoms with van der Waals surface area (Å²) in [7, 11) is 0. The number of nitrogens with zero attached hydrogens (tertiary/aromatic N) is 7. The smallest absolute Gasteiger partial charge is 0.159 e. The quantitative estimate of drug-likeness (QED) is 0.143. The Bertz CT molecular complexity index is 2840. The van der Waals surface area contributed by atoms with E-state index in [-0.39, 0.29) is 6.04 Å². The highest BCUT2D eigenvalue weighted by Crippen LogP contribution is 2.51. The zero-order valence-corrected chi connectivity index (χ0v) is 33.2. The van der Waals surface area contributed by atoms with Crippen LogP contribution in [0.15, 0.2) is 207 Å². The molecule has 292 valence electrons. The van der Waals surface area contributed by atoms with Crippen molar-refractivity contribution in [3.63, 3.8) is 0 Å². The Morgan fingerprint density at radius 2 is 0.951 bits per heavy atom. The summed E-state index contributed by atoms with van der Waals surface area (Å²) in [5, 5.41) is 0. The summed E-state index contributed by atoms with van der Waals surface area (Å²) in [5.74, 6) is 3.04. The molecule has 11 rings (SSSR count). The highest BCUT2D eigenvalue weighted by Gasteiger charge is 2.38. The van der Waals surface area contributed by atoms with Gasteiger partial charge in [0.25, 0.3) is 0 Å². The highest BCUT2D eigenvalue weighted by molar-refractivity contribution is 5.85. The summed E-state index contributed by atoms with van der Waals surface area (Å²) in [6, 6.07) is 66.9. The SMILES string of the molecule is c1ccc(-c2nccc(-c3cc(-c4ccnc(-c5ccccc5)n4)cc(N4CC(N5c6ccccc6Oc6cc(N(c7ccccc7)c7ccccc7)ccc65)C4)c3)n2)cc1. The first-order valence-corrected chi connectivity index (χ1v) is 20.5. The fourth-order valence-corrected chi connectivity index (χ4v) is 8.32. The van der Waals surface area contributed by atoms with Gasteiger partial charge in [-0.2, -0.15) is 0 Å². The minimum absolute atomic E-state index is 0.188. The maximum Gasteiger partial charge on any atom is 0.159 e. The van der Waals surface area contributed by atoms with Gasteiger partial charge in [-0.3, -0.25) is 0 Å². The first-order chi connectivity index (χ1) is 30.2. The van der Waals surface area contributed by atoms with Crippen LogP contribution < -0.4 is 19.4 Å². The number of aromatic nitrogens is 4. The first-order valence-electron chi connectivity index (χ1n) is 20.5. The number of hydrogen-bond acceptors (Lipinski definition) is 8. The molecule has 4 heterocycles. The zero-order valence-electron chi connectivity index (χ0n) is 33.2. The second kappa shape index (κ2) is 15.6. The monoisotopic (exact) mass is 789 g/mol. The van der Waals surface area contributed by atoms with Crippen LogP contribution in [0.1, 0.15) is 0 Å². The topological polar surface area (TPSA) is 70.5 Å². The highest BCUT2D eigenvalue weighted by atomic mass is 16.5. The van der Waals surface area contributed by atoms with E-state index in [1.165, 1.54) is 0 Å². The molecule has 0 atom stereocenters. The van der Waals surface area contributed by atoms with Crippen LogP contribution in [-0.4, -0.2) is 39.1 Å². The van der Waals surface area contributed by atoms with E-state index in [0.29, 0.717) is 11.6 Å². The zero-order chi connectivity index (χ0) is 40.5. The number of benzene rings is 7. The fourth-order valence-electron chi connectivity index (χ4n) is 8.32. The summed E-state index contributed by atoms with van der Waals surface area (Å²) in [4.78, 5) is 26.6. The van der Waals surface area contributed by atoms with E-state index >= 15 is 0 Å². The molecule has 8 nitrogen and oxygen atoms in total. The standard InChI is InChI=1S/C53H39N7O/c1-5-15-37(16-6-1)52-54-29-27-46(56-52)39-31-40(47-28-30-55-53(57-47)38-17-7-2-8-18-38)33-44(32-39)58-35-45(36-58)60-48-23-13-14-24-50(48)61-51-34-43(25-26-49(51)60)59(41-19-9-3-10-20-41)42-21-11-4-12-22-42/h1-34,45H,35-36H2. The van der Waals surface area contributed by atoms with Gasteiger partial charge in [-0.05, 0) is 78.9 Å². The molecule has 0 bridgehead atoms. The molecule has 9 aromatic rings. The van der Waals surface area contributed by atoms with Gasteiger partial charge in [0.1, 0.15) is 0 Å². The molecule has 1 saturated heterocycles. The lowest BCUT2D eigenvalue weighted by molar-refractivity contribution is 0.447. The largest absolute Gasteiger partial charge is 0.453 e. The van der Waals surface area contributed by atoms with Crippen LogP contribution in [0.25, 0.3) is 45.3 Å². The lowest BCUT2D eigenvalue weighted by Gasteiger charge is -2.49. The van der Waals surface area contributed by atoms with Crippen molar-refractivity contribution >= 4 is 34.1 Å². The maximum absolute atomic E-state index is 6.71. The van der Waals surface area contributed by atoms with Crippen LogP contribution in [0.3, 0.4) is 0 Å². The number of para-hydroxylation sites is 4. The molecular formula is C53H39N7O. The Hall–Kier alpha value is -8.10. The summed E-state index contributed by atoms with van der Waals surface area (Å²) in [6.45, 7) is 1.60. The molecule has 0 N–H and O–H groups in total. The van der Waals surface area contributed by atoms with Gasteiger partial charge in [0.05, 0.1) is 28.8 Å². The number of fused-ring (bicyclic) bond motifs is 2. The summed E-state index contributed by atoms with van der Waals surface area (Å²) < 4.78 is 6.71. The Morgan fingerprint density at radius 1 is 0.443 bits per heavy atom. The van der Waals surface area contributed by atoms with E-state index in [9.17, 15) is 0 Å². The molecule has 1 fully saturated rings. The molecule has 0 amide bonds. The van der Waals surface area contributed by atoms with Crippen molar-refractivity contribution in [2.24, 2.45) is 0 Å². The van der Waals surface area contributed by atoms with E-state index in [0.717, 1.165) is 92.4 Å². The van der Waals surface area contributed by atoms with Gasteiger partial charge in [0.15, 0.2) is 23.1 Å². The fraction of sp³-hybridized carbons (Fsp3) is 0.0566. The Kier molecular flexibility index (Phi) is 9.20. The van der Waals surface area contributed by atoms with Crippen LogP contribution in [0.4, 0.5) is 34.1 Å². The number of ether oxygens (including phenoxy) is 1. The van der Waals surface area contributed by atoms with Crippen molar-refractivity contribution < 1.29 is 4.74 Å². The van der Waals surface area contributed by atoms with Crippen LogP contribution in [0.5, 0.6) is 11.5 Å². The third-order valence-electron chi connectivity index (χ3n) is 11.3. The van der Waals surface area contributed by atoms with Gasteiger partial charge in [-0.1, -0.05) is 109 Å². The normalized spacial score (nSPS) is 13.1. The Labute approximate surface area is 354 Å². The predicted molar refractivity (Wildman–Crippen MR) is 245 cm³/mol. The first kappa shape index (κ1) is 36.0. The van der Waals surface area contributed by atoms with Gasteiger partial charge < -0.3 is 19.4 Å². The van der Waals surface area contributed by atoms with Gasteiger partial charge >= 0.3 is 0 Å². The Balaban J connectivity index is 0.952. The van der Waals surface area contributed by atoms with Crippen LogP contribution >= 0.6 is 0 Å². The van der Waals surface area contributed by atoms with Crippen LogP contribution in [-0.2, 0) is 0 Å². The van der Waals surface area contributed by atoms with Crippen molar-refractivity contribution in [1.29, 1.82) is 0 Å². The minimum Gasteiger partial charge on any atom is -0.453 e. The van der Waals surface area contributed by atoms with Crippen molar-refractivity contribution in [1.82, 2.24) is 19.9 Å². The molecule has 0 saturated carbocycles.